The van der Waals surface area contributed by atoms with E-state index < -0.39 is 0 Å². The molecule has 1 atom stereocenters. The van der Waals surface area contributed by atoms with Crippen molar-refractivity contribution in [2.24, 2.45) is 11.7 Å². The topological polar surface area (TPSA) is 88.0 Å². The number of nitrogens with one attached hydrogen (secondary N) is 2. The van der Waals surface area contributed by atoms with Crippen LogP contribution in [0.1, 0.15) is 24.2 Å². The number of rotatable bonds is 4. The maximum atomic E-state index is 11.8. The molecule has 1 aromatic rings. The summed E-state index contributed by atoms with van der Waals surface area (Å²) in [7, 11) is 0. The molecule has 1 amide bonds. The van der Waals surface area contributed by atoms with E-state index in [9.17, 15) is 9.59 Å². The highest BCUT2D eigenvalue weighted by Gasteiger charge is 2.17. The summed E-state index contributed by atoms with van der Waals surface area (Å²) in [5.41, 5.74) is 5.26. The molecule has 1 heterocycles. The largest absolute Gasteiger partial charge is 0.348 e. The molecule has 0 saturated heterocycles. The standard InChI is InChI=1S/C11H17N3O2/c1-7(2)9(6-12)14-11(16)8-4-3-5-13-10(8)15/h3-5,7,9H,6,12H2,1-2H3,(H,13,15)(H,14,16). The number of aromatic nitrogens is 1. The number of carbonyl (C=O) groups excluding carboxylic acids is 1. The van der Waals surface area contributed by atoms with E-state index in [1.807, 2.05) is 13.8 Å². The third kappa shape index (κ3) is 2.93. The fourth-order valence-corrected chi connectivity index (χ4v) is 1.34. The van der Waals surface area contributed by atoms with Gasteiger partial charge in [-0.05, 0) is 18.1 Å². The van der Waals surface area contributed by atoms with Crippen molar-refractivity contribution in [3.05, 3.63) is 34.2 Å². The summed E-state index contributed by atoms with van der Waals surface area (Å²) in [6.07, 6.45) is 1.49. The van der Waals surface area contributed by atoms with Crippen molar-refractivity contribution < 1.29 is 4.79 Å². The van der Waals surface area contributed by atoms with E-state index >= 15 is 0 Å². The van der Waals surface area contributed by atoms with Crippen LogP contribution in [0.2, 0.25) is 0 Å². The van der Waals surface area contributed by atoms with Gasteiger partial charge >= 0.3 is 0 Å². The van der Waals surface area contributed by atoms with Crippen LogP contribution in [0.15, 0.2) is 23.1 Å². The molecule has 4 N–H and O–H groups in total. The smallest absolute Gasteiger partial charge is 0.260 e. The van der Waals surface area contributed by atoms with Gasteiger partial charge < -0.3 is 16.0 Å². The van der Waals surface area contributed by atoms with Crippen LogP contribution in [0, 0.1) is 5.92 Å². The maximum Gasteiger partial charge on any atom is 0.260 e. The molecule has 5 heteroatoms. The molecule has 0 fully saturated rings. The van der Waals surface area contributed by atoms with Gasteiger partial charge in [0.05, 0.1) is 0 Å². The Hall–Kier alpha value is -1.62. The molecule has 1 aromatic heterocycles. The number of aromatic amines is 1. The van der Waals surface area contributed by atoms with Gasteiger partial charge in [-0.1, -0.05) is 13.8 Å². The van der Waals surface area contributed by atoms with E-state index in [0.29, 0.717) is 6.54 Å². The van der Waals surface area contributed by atoms with Crippen LogP contribution in [-0.4, -0.2) is 23.5 Å². The van der Waals surface area contributed by atoms with Gasteiger partial charge in [0.25, 0.3) is 11.5 Å². The Morgan fingerprint density at radius 3 is 2.75 bits per heavy atom. The lowest BCUT2D eigenvalue weighted by Crippen LogP contribution is -2.44. The van der Waals surface area contributed by atoms with Crippen LogP contribution >= 0.6 is 0 Å². The molecular formula is C11H17N3O2. The first kappa shape index (κ1) is 12.4. The van der Waals surface area contributed by atoms with Crippen LogP contribution in [-0.2, 0) is 0 Å². The van der Waals surface area contributed by atoms with Gasteiger partial charge in [0, 0.05) is 18.8 Å². The molecule has 88 valence electrons. The Kier molecular flexibility index (Phi) is 4.25. The van der Waals surface area contributed by atoms with Crippen LogP contribution in [0.4, 0.5) is 0 Å². The first-order valence-electron chi connectivity index (χ1n) is 5.25. The molecule has 0 spiro atoms. The zero-order chi connectivity index (χ0) is 12.1. The molecule has 0 radical (unpaired) electrons. The van der Waals surface area contributed by atoms with E-state index in [2.05, 4.69) is 10.3 Å². The normalized spacial score (nSPS) is 12.5. The first-order chi connectivity index (χ1) is 7.56. The van der Waals surface area contributed by atoms with E-state index in [1.165, 1.54) is 12.3 Å². The summed E-state index contributed by atoms with van der Waals surface area (Å²) >= 11 is 0. The Labute approximate surface area is 94.1 Å². The fraction of sp³-hybridized carbons (Fsp3) is 0.455. The van der Waals surface area contributed by atoms with Gasteiger partial charge in [-0.25, -0.2) is 0 Å². The van der Waals surface area contributed by atoms with Crippen LogP contribution in [0.25, 0.3) is 0 Å². The average Bonchev–Trinajstić information content (AvgIpc) is 2.25. The summed E-state index contributed by atoms with van der Waals surface area (Å²) in [6, 6.07) is 2.98. The number of carbonyl (C=O) groups is 1. The van der Waals surface area contributed by atoms with E-state index in [0.717, 1.165) is 0 Å². The van der Waals surface area contributed by atoms with E-state index in [4.69, 9.17) is 5.73 Å². The zero-order valence-corrected chi connectivity index (χ0v) is 9.49. The maximum absolute atomic E-state index is 11.8. The van der Waals surface area contributed by atoms with E-state index in [-0.39, 0.29) is 29.0 Å². The van der Waals surface area contributed by atoms with Crippen molar-refractivity contribution in [1.82, 2.24) is 10.3 Å². The molecule has 0 aliphatic heterocycles. The van der Waals surface area contributed by atoms with Crippen molar-refractivity contribution in [2.45, 2.75) is 19.9 Å². The number of H-pyrrole nitrogens is 1. The third-order valence-corrected chi connectivity index (χ3v) is 2.44. The van der Waals surface area contributed by atoms with Gasteiger partial charge in [-0.2, -0.15) is 0 Å². The monoisotopic (exact) mass is 223 g/mol. The predicted molar refractivity (Wildman–Crippen MR) is 62.2 cm³/mol. The Morgan fingerprint density at radius 1 is 1.56 bits per heavy atom. The number of pyridine rings is 1. The quantitative estimate of drug-likeness (QED) is 0.676. The van der Waals surface area contributed by atoms with Crippen molar-refractivity contribution in [3.8, 4) is 0 Å². The van der Waals surface area contributed by atoms with Gasteiger partial charge in [0.1, 0.15) is 5.56 Å². The predicted octanol–water partition coefficient (Wildman–Crippen LogP) is 0.0880. The zero-order valence-electron chi connectivity index (χ0n) is 9.49. The lowest BCUT2D eigenvalue weighted by atomic mass is 10.0. The Bertz CT molecular complexity index is 412. The SMILES string of the molecule is CC(C)C(CN)NC(=O)c1ccc[nH]c1=O. The van der Waals surface area contributed by atoms with Gasteiger partial charge in [-0.15, -0.1) is 0 Å². The molecule has 0 saturated carbocycles. The number of amides is 1. The molecule has 0 aromatic carbocycles. The van der Waals surface area contributed by atoms with Crippen molar-refractivity contribution >= 4 is 5.91 Å². The molecular weight excluding hydrogens is 206 g/mol. The second kappa shape index (κ2) is 5.46. The molecule has 0 bridgehead atoms. The lowest BCUT2D eigenvalue weighted by Gasteiger charge is -2.20. The van der Waals surface area contributed by atoms with Gasteiger partial charge in [0.15, 0.2) is 0 Å². The van der Waals surface area contributed by atoms with Crippen molar-refractivity contribution in [2.75, 3.05) is 6.54 Å². The molecule has 1 unspecified atom stereocenters. The minimum Gasteiger partial charge on any atom is -0.348 e. The van der Waals surface area contributed by atoms with Crippen molar-refractivity contribution in [1.29, 1.82) is 0 Å². The second-order valence-corrected chi connectivity index (χ2v) is 3.97. The highest BCUT2D eigenvalue weighted by atomic mass is 16.2. The highest BCUT2D eigenvalue weighted by molar-refractivity contribution is 5.93. The Morgan fingerprint density at radius 2 is 2.25 bits per heavy atom. The summed E-state index contributed by atoms with van der Waals surface area (Å²) in [5.74, 6) is -0.150. The minimum atomic E-state index is -0.389. The van der Waals surface area contributed by atoms with Crippen LogP contribution in [0.3, 0.4) is 0 Å². The highest BCUT2D eigenvalue weighted by Crippen LogP contribution is 2.00. The molecule has 0 aliphatic carbocycles. The third-order valence-electron chi connectivity index (χ3n) is 2.44. The Balaban J connectivity index is 2.80. The second-order valence-electron chi connectivity index (χ2n) is 3.97. The molecule has 1 rings (SSSR count). The molecule has 16 heavy (non-hydrogen) atoms. The van der Waals surface area contributed by atoms with Gasteiger partial charge in [-0.3, -0.25) is 9.59 Å². The number of hydrogen-bond acceptors (Lipinski definition) is 3. The average molecular weight is 223 g/mol. The summed E-state index contributed by atoms with van der Waals surface area (Å²) in [6.45, 7) is 4.29. The van der Waals surface area contributed by atoms with Gasteiger partial charge in [0.2, 0.25) is 0 Å². The molecule has 0 aliphatic rings. The summed E-state index contributed by atoms with van der Waals surface area (Å²) in [4.78, 5) is 25.6. The number of hydrogen-bond donors (Lipinski definition) is 3. The first-order valence-corrected chi connectivity index (χ1v) is 5.25. The molecule has 5 nitrogen and oxygen atoms in total. The number of nitrogens with two attached hydrogens (primary N) is 1. The summed E-state index contributed by atoms with van der Waals surface area (Å²) < 4.78 is 0. The van der Waals surface area contributed by atoms with Crippen LogP contribution in [0.5, 0.6) is 0 Å². The van der Waals surface area contributed by atoms with Crippen molar-refractivity contribution in [3.63, 3.8) is 0 Å². The minimum absolute atomic E-state index is 0.113. The van der Waals surface area contributed by atoms with E-state index in [1.54, 1.807) is 6.07 Å². The fourth-order valence-electron chi connectivity index (χ4n) is 1.34. The lowest BCUT2D eigenvalue weighted by molar-refractivity contribution is 0.0926. The summed E-state index contributed by atoms with van der Waals surface area (Å²) in [5, 5.41) is 2.74. The van der Waals surface area contributed by atoms with Crippen LogP contribution < -0.4 is 16.6 Å².